The molecule has 2 saturated carbocycles. The van der Waals surface area contributed by atoms with Gasteiger partial charge in [0.15, 0.2) is 0 Å². The molecule has 5 atom stereocenters. The highest BCUT2D eigenvalue weighted by atomic mass is 14.9. The van der Waals surface area contributed by atoms with E-state index in [2.05, 4.69) is 33.0 Å². The van der Waals surface area contributed by atoms with E-state index in [4.69, 9.17) is 0 Å². The number of rotatable bonds is 6. The summed E-state index contributed by atoms with van der Waals surface area (Å²) in [5, 5.41) is 3.77. The molecule has 0 bridgehead atoms. The van der Waals surface area contributed by atoms with Crippen molar-refractivity contribution in [3.63, 3.8) is 0 Å². The van der Waals surface area contributed by atoms with Gasteiger partial charge in [-0.3, -0.25) is 0 Å². The molecular formula is C20H39N. The molecule has 0 spiro atoms. The molecule has 1 nitrogen and oxygen atoms in total. The lowest BCUT2D eigenvalue weighted by molar-refractivity contribution is 0.0601. The van der Waals surface area contributed by atoms with Gasteiger partial charge in [-0.15, -0.1) is 0 Å². The summed E-state index contributed by atoms with van der Waals surface area (Å²) in [6, 6.07) is 0. The van der Waals surface area contributed by atoms with Crippen molar-refractivity contribution in [1.29, 1.82) is 0 Å². The molecule has 2 aliphatic rings. The topological polar surface area (TPSA) is 12.0 Å². The van der Waals surface area contributed by atoms with Crippen LogP contribution in [0.2, 0.25) is 0 Å². The van der Waals surface area contributed by atoms with Crippen LogP contribution >= 0.6 is 0 Å². The van der Waals surface area contributed by atoms with Gasteiger partial charge < -0.3 is 5.32 Å². The molecule has 0 saturated heterocycles. The van der Waals surface area contributed by atoms with Crippen molar-refractivity contribution in [1.82, 2.24) is 5.32 Å². The van der Waals surface area contributed by atoms with Gasteiger partial charge in [0.2, 0.25) is 0 Å². The average molecular weight is 294 g/mol. The number of hydrogen-bond acceptors (Lipinski definition) is 1. The van der Waals surface area contributed by atoms with E-state index in [9.17, 15) is 0 Å². The van der Waals surface area contributed by atoms with Crippen LogP contribution < -0.4 is 5.32 Å². The van der Waals surface area contributed by atoms with Crippen LogP contribution in [0.15, 0.2) is 0 Å². The summed E-state index contributed by atoms with van der Waals surface area (Å²) in [7, 11) is 0. The molecule has 1 heteroatoms. The van der Waals surface area contributed by atoms with Crippen molar-refractivity contribution in [2.45, 2.75) is 79.1 Å². The van der Waals surface area contributed by atoms with E-state index >= 15 is 0 Å². The summed E-state index contributed by atoms with van der Waals surface area (Å²) in [4.78, 5) is 0. The molecule has 2 aliphatic carbocycles. The monoisotopic (exact) mass is 293 g/mol. The van der Waals surface area contributed by atoms with Crippen molar-refractivity contribution in [3.8, 4) is 0 Å². The van der Waals surface area contributed by atoms with Crippen molar-refractivity contribution >= 4 is 0 Å². The minimum atomic E-state index is 0.782. The second-order valence-electron chi connectivity index (χ2n) is 8.51. The number of hydrogen-bond donors (Lipinski definition) is 1. The van der Waals surface area contributed by atoms with E-state index in [1.54, 1.807) is 0 Å². The molecule has 2 fully saturated rings. The van der Waals surface area contributed by atoms with Crippen molar-refractivity contribution in [2.75, 3.05) is 13.1 Å². The van der Waals surface area contributed by atoms with Crippen LogP contribution in [0.5, 0.6) is 0 Å². The van der Waals surface area contributed by atoms with Gasteiger partial charge in [-0.1, -0.05) is 59.8 Å². The summed E-state index contributed by atoms with van der Waals surface area (Å²) in [5.41, 5.74) is 0. The highest BCUT2D eigenvalue weighted by molar-refractivity contribution is 4.89. The zero-order valence-corrected chi connectivity index (χ0v) is 15.0. The summed E-state index contributed by atoms with van der Waals surface area (Å²) >= 11 is 0. The summed E-state index contributed by atoms with van der Waals surface area (Å²) in [6.07, 6.45) is 11.9. The van der Waals surface area contributed by atoms with Gasteiger partial charge in [-0.05, 0) is 67.9 Å². The maximum Gasteiger partial charge on any atom is -0.00176 e. The molecule has 0 radical (unpaired) electrons. The maximum absolute atomic E-state index is 3.77. The van der Waals surface area contributed by atoms with Gasteiger partial charge in [0.05, 0.1) is 0 Å². The Morgan fingerprint density at radius 3 is 2.43 bits per heavy atom. The van der Waals surface area contributed by atoms with E-state index in [1.165, 1.54) is 64.5 Å². The molecule has 5 unspecified atom stereocenters. The minimum Gasteiger partial charge on any atom is -0.316 e. The molecule has 0 heterocycles. The third-order valence-corrected chi connectivity index (χ3v) is 6.31. The van der Waals surface area contributed by atoms with Gasteiger partial charge in [0.1, 0.15) is 0 Å². The standard InChI is InChI=1S/C20H39N/c1-5-17-8-6-7-9-19(17)20-12-16(4)10-11-18(20)14-21-13-15(2)3/h15-21H,5-14H2,1-4H3. The SMILES string of the molecule is CCC1CCCCC1C1CC(C)CCC1CNCC(C)C. The molecular weight excluding hydrogens is 254 g/mol. The Balaban J connectivity index is 1.96. The van der Waals surface area contributed by atoms with Crippen molar-refractivity contribution in [3.05, 3.63) is 0 Å². The molecule has 0 aromatic rings. The van der Waals surface area contributed by atoms with Crippen LogP contribution in [-0.2, 0) is 0 Å². The second-order valence-corrected chi connectivity index (χ2v) is 8.51. The third kappa shape index (κ3) is 4.98. The Kier molecular flexibility index (Phi) is 7.05. The van der Waals surface area contributed by atoms with Crippen LogP contribution in [0, 0.1) is 35.5 Å². The van der Waals surface area contributed by atoms with Crippen molar-refractivity contribution in [2.24, 2.45) is 35.5 Å². The van der Waals surface area contributed by atoms with Gasteiger partial charge >= 0.3 is 0 Å². The molecule has 2 rings (SSSR count). The lowest BCUT2D eigenvalue weighted by Gasteiger charge is -2.45. The van der Waals surface area contributed by atoms with Crippen molar-refractivity contribution < 1.29 is 0 Å². The van der Waals surface area contributed by atoms with E-state index in [1.807, 2.05) is 0 Å². The van der Waals surface area contributed by atoms with Gasteiger partial charge in [0, 0.05) is 0 Å². The largest absolute Gasteiger partial charge is 0.316 e. The van der Waals surface area contributed by atoms with Crippen LogP contribution in [0.3, 0.4) is 0 Å². The molecule has 1 N–H and O–H groups in total. The van der Waals surface area contributed by atoms with Crippen LogP contribution in [0.1, 0.15) is 79.1 Å². The highest BCUT2D eigenvalue weighted by Crippen LogP contribution is 2.46. The summed E-state index contributed by atoms with van der Waals surface area (Å²) in [6.45, 7) is 12.0. The second kappa shape index (κ2) is 8.56. The molecule has 0 aromatic heterocycles. The maximum atomic E-state index is 3.77. The average Bonchev–Trinajstić information content (AvgIpc) is 2.48. The predicted molar refractivity (Wildman–Crippen MR) is 93.4 cm³/mol. The van der Waals surface area contributed by atoms with Gasteiger partial charge in [-0.25, -0.2) is 0 Å². The fraction of sp³-hybridized carbons (Fsp3) is 1.00. The lowest BCUT2D eigenvalue weighted by atomic mass is 9.62. The third-order valence-electron chi connectivity index (χ3n) is 6.31. The Morgan fingerprint density at radius 2 is 1.71 bits per heavy atom. The Labute approximate surface area is 133 Å². The zero-order valence-electron chi connectivity index (χ0n) is 15.0. The Bertz CT molecular complexity index is 286. The quantitative estimate of drug-likeness (QED) is 0.681. The smallest absolute Gasteiger partial charge is 0.00176 e. The predicted octanol–water partition coefficient (Wildman–Crippen LogP) is 5.50. The molecule has 0 aromatic carbocycles. The normalized spacial score (nSPS) is 37.9. The molecule has 21 heavy (non-hydrogen) atoms. The molecule has 0 aliphatic heterocycles. The lowest BCUT2D eigenvalue weighted by Crippen LogP contribution is -2.40. The van der Waals surface area contributed by atoms with Gasteiger partial charge in [0.25, 0.3) is 0 Å². The Morgan fingerprint density at radius 1 is 0.952 bits per heavy atom. The first kappa shape index (κ1) is 17.3. The fourth-order valence-corrected chi connectivity index (χ4v) is 5.13. The Hall–Kier alpha value is -0.0400. The van der Waals surface area contributed by atoms with E-state index in [0.717, 1.165) is 35.5 Å². The van der Waals surface area contributed by atoms with Gasteiger partial charge in [-0.2, -0.15) is 0 Å². The minimum absolute atomic E-state index is 0.782. The zero-order chi connectivity index (χ0) is 15.2. The first-order chi connectivity index (χ1) is 10.1. The summed E-state index contributed by atoms with van der Waals surface area (Å²) in [5.74, 6) is 5.79. The summed E-state index contributed by atoms with van der Waals surface area (Å²) < 4.78 is 0. The first-order valence-electron chi connectivity index (χ1n) is 9.82. The number of nitrogens with one attached hydrogen (secondary N) is 1. The van der Waals surface area contributed by atoms with Crippen LogP contribution in [0.4, 0.5) is 0 Å². The molecule has 0 amide bonds. The van der Waals surface area contributed by atoms with E-state index in [0.29, 0.717) is 0 Å². The first-order valence-corrected chi connectivity index (χ1v) is 9.82. The highest BCUT2D eigenvalue weighted by Gasteiger charge is 2.38. The van der Waals surface area contributed by atoms with Crippen LogP contribution in [0.25, 0.3) is 0 Å². The van der Waals surface area contributed by atoms with Crippen LogP contribution in [-0.4, -0.2) is 13.1 Å². The van der Waals surface area contributed by atoms with E-state index < -0.39 is 0 Å². The molecule has 124 valence electrons. The fourth-order valence-electron chi connectivity index (χ4n) is 5.13. The van der Waals surface area contributed by atoms with E-state index in [-0.39, 0.29) is 0 Å².